The zero-order valence-electron chi connectivity index (χ0n) is 13.0. The molecule has 0 saturated heterocycles. The van der Waals surface area contributed by atoms with Crippen molar-refractivity contribution in [1.29, 1.82) is 0 Å². The van der Waals surface area contributed by atoms with E-state index in [1.54, 1.807) is 0 Å². The fourth-order valence-electron chi connectivity index (χ4n) is 2.13. The van der Waals surface area contributed by atoms with Crippen LogP contribution < -0.4 is 9.62 Å². The maximum atomic E-state index is 13.6. The van der Waals surface area contributed by atoms with Gasteiger partial charge in [0.05, 0.1) is 0 Å². The van der Waals surface area contributed by atoms with Gasteiger partial charge < -0.3 is 4.90 Å². The highest BCUT2D eigenvalue weighted by atomic mass is 32.2. The van der Waals surface area contributed by atoms with Crippen molar-refractivity contribution in [3.63, 3.8) is 0 Å². The van der Waals surface area contributed by atoms with Crippen molar-refractivity contribution in [1.82, 2.24) is 4.72 Å². The molecule has 130 valence electrons. The first-order valence-electron chi connectivity index (χ1n) is 7.22. The van der Waals surface area contributed by atoms with E-state index in [0.29, 0.717) is 25.1 Å². The highest BCUT2D eigenvalue weighted by molar-refractivity contribution is 7.89. The topological polar surface area (TPSA) is 49.4 Å². The molecule has 0 aliphatic carbocycles. The Morgan fingerprint density at radius 2 is 1.67 bits per heavy atom. The van der Waals surface area contributed by atoms with E-state index < -0.39 is 32.4 Å². The maximum Gasteiger partial charge on any atom is 0.243 e. The Hall–Kier alpha value is -2.06. The second-order valence-electron chi connectivity index (χ2n) is 5.18. The molecule has 0 bridgehead atoms. The summed E-state index contributed by atoms with van der Waals surface area (Å²) >= 11 is 0. The van der Waals surface area contributed by atoms with Gasteiger partial charge in [-0.15, -0.1) is 0 Å². The number of nitrogens with zero attached hydrogens (tertiary/aromatic N) is 1. The normalized spacial score (nSPS) is 11.5. The van der Waals surface area contributed by atoms with Crippen LogP contribution in [0, 0.1) is 17.5 Å². The molecule has 0 saturated carbocycles. The zero-order valence-corrected chi connectivity index (χ0v) is 13.8. The Morgan fingerprint density at radius 1 is 1.00 bits per heavy atom. The van der Waals surface area contributed by atoms with Crippen LogP contribution in [-0.4, -0.2) is 28.6 Å². The third kappa shape index (κ3) is 4.27. The largest absolute Gasteiger partial charge is 0.375 e. The number of sulfonamides is 1. The molecule has 8 heteroatoms. The lowest BCUT2D eigenvalue weighted by Gasteiger charge is -2.19. The number of nitrogens with one attached hydrogen (secondary N) is 1. The van der Waals surface area contributed by atoms with Crippen LogP contribution >= 0.6 is 0 Å². The van der Waals surface area contributed by atoms with Gasteiger partial charge in [0.25, 0.3) is 0 Å². The lowest BCUT2D eigenvalue weighted by atomic mass is 10.3. The summed E-state index contributed by atoms with van der Waals surface area (Å²) in [5, 5.41) is 0. The molecule has 0 unspecified atom stereocenters. The first-order valence-corrected chi connectivity index (χ1v) is 8.70. The van der Waals surface area contributed by atoms with Crippen LogP contribution in [0.4, 0.5) is 18.9 Å². The minimum Gasteiger partial charge on any atom is -0.375 e. The van der Waals surface area contributed by atoms with Crippen molar-refractivity contribution in [2.75, 3.05) is 25.0 Å². The van der Waals surface area contributed by atoms with Gasteiger partial charge in [-0.1, -0.05) is 18.2 Å². The first kappa shape index (κ1) is 18.3. The molecule has 1 N–H and O–H groups in total. The van der Waals surface area contributed by atoms with Crippen LogP contribution in [0.5, 0.6) is 0 Å². The molecular formula is C16H17F3N2O2S. The summed E-state index contributed by atoms with van der Waals surface area (Å²) in [5.74, 6) is -4.96. The predicted molar refractivity (Wildman–Crippen MR) is 85.8 cm³/mol. The zero-order chi connectivity index (χ0) is 17.7. The summed E-state index contributed by atoms with van der Waals surface area (Å²) in [5.41, 5.74) is 0.979. The lowest BCUT2D eigenvalue weighted by Crippen LogP contribution is -2.29. The van der Waals surface area contributed by atoms with Gasteiger partial charge in [-0.05, 0) is 30.7 Å². The van der Waals surface area contributed by atoms with Gasteiger partial charge >= 0.3 is 0 Å². The molecule has 2 rings (SSSR count). The summed E-state index contributed by atoms with van der Waals surface area (Å²) < 4.78 is 65.7. The van der Waals surface area contributed by atoms with Gasteiger partial charge in [-0.3, -0.25) is 0 Å². The van der Waals surface area contributed by atoms with Gasteiger partial charge in [0, 0.05) is 25.8 Å². The van der Waals surface area contributed by atoms with Crippen LogP contribution in [-0.2, 0) is 10.0 Å². The Balaban J connectivity index is 1.93. The molecule has 2 aromatic rings. The molecule has 0 aliphatic rings. The maximum absolute atomic E-state index is 13.6. The summed E-state index contributed by atoms with van der Waals surface area (Å²) in [7, 11) is -2.38. The van der Waals surface area contributed by atoms with Crippen LogP contribution in [0.25, 0.3) is 0 Å². The van der Waals surface area contributed by atoms with E-state index in [-0.39, 0.29) is 6.54 Å². The highest BCUT2D eigenvalue weighted by Crippen LogP contribution is 2.19. The van der Waals surface area contributed by atoms with E-state index >= 15 is 0 Å². The highest BCUT2D eigenvalue weighted by Gasteiger charge is 2.23. The van der Waals surface area contributed by atoms with Crippen molar-refractivity contribution in [3.05, 3.63) is 59.9 Å². The van der Waals surface area contributed by atoms with Gasteiger partial charge in [0.1, 0.15) is 4.90 Å². The second-order valence-corrected chi connectivity index (χ2v) is 6.92. The average molecular weight is 358 g/mol. The summed E-state index contributed by atoms with van der Waals surface area (Å²) in [6, 6.07) is 10.8. The average Bonchev–Trinajstić information content (AvgIpc) is 2.57. The molecule has 0 aromatic heterocycles. The summed E-state index contributed by atoms with van der Waals surface area (Å²) in [6.07, 6.45) is 0.454. The monoisotopic (exact) mass is 358 g/mol. The van der Waals surface area contributed by atoms with E-state index in [9.17, 15) is 21.6 Å². The quantitative estimate of drug-likeness (QED) is 0.612. The predicted octanol–water partition coefficient (Wildman–Crippen LogP) is 2.91. The minimum atomic E-state index is -4.24. The van der Waals surface area contributed by atoms with Crippen molar-refractivity contribution in [2.24, 2.45) is 0 Å². The van der Waals surface area contributed by atoms with Gasteiger partial charge in [0.15, 0.2) is 17.5 Å². The van der Waals surface area contributed by atoms with E-state index in [0.717, 1.165) is 5.69 Å². The summed E-state index contributed by atoms with van der Waals surface area (Å²) in [4.78, 5) is 1.03. The molecule has 0 fully saturated rings. The number of benzene rings is 2. The van der Waals surface area contributed by atoms with E-state index in [1.807, 2.05) is 42.3 Å². The lowest BCUT2D eigenvalue weighted by molar-refractivity contribution is 0.431. The first-order chi connectivity index (χ1) is 11.3. The van der Waals surface area contributed by atoms with Crippen LogP contribution in [0.3, 0.4) is 0 Å². The van der Waals surface area contributed by atoms with Gasteiger partial charge in [0.2, 0.25) is 10.0 Å². The smallest absolute Gasteiger partial charge is 0.243 e. The summed E-state index contributed by atoms with van der Waals surface area (Å²) in [6.45, 7) is 0.602. The number of halogens is 3. The Morgan fingerprint density at radius 3 is 2.33 bits per heavy atom. The van der Waals surface area contributed by atoms with Crippen LogP contribution in [0.1, 0.15) is 6.42 Å². The molecule has 24 heavy (non-hydrogen) atoms. The third-order valence-corrected chi connectivity index (χ3v) is 4.93. The Labute approximate surface area is 139 Å². The molecule has 0 spiro atoms. The fourth-order valence-corrected chi connectivity index (χ4v) is 3.27. The number of hydrogen-bond acceptors (Lipinski definition) is 3. The van der Waals surface area contributed by atoms with Gasteiger partial charge in [-0.2, -0.15) is 0 Å². The SMILES string of the molecule is CN(CCCNS(=O)(=O)c1ccc(F)c(F)c1F)c1ccccc1. The Bertz CT molecular complexity index is 798. The minimum absolute atomic E-state index is 0.0396. The van der Waals surface area contributed by atoms with Crippen molar-refractivity contribution in [3.8, 4) is 0 Å². The second kappa shape index (κ2) is 7.67. The number of para-hydroxylation sites is 1. The van der Waals surface area contributed by atoms with Crippen LogP contribution in [0.15, 0.2) is 47.4 Å². The number of hydrogen-bond donors (Lipinski definition) is 1. The van der Waals surface area contributed by atoms with Crippen molar-refractivity contribution >= 4 is 15.7 Å². The van der Waals surface area contributed by atoms with E-state index in [1.165, 1.54) is 0 Å². The number of rotatable bonds is 7. The molecule has 0 aliphatic heterocycles. The third-order valence-electron chi connectivity index (χ3n) is 3.45. The van der Waals surface area contributed by atoms with Crippen molar-refractivity contribution < 1.29 is 21.6 Å². The van der Waals surface area contributed by atoms with Gasteiger partial charge in [-0.25, -0.2) is 26.3 Å². The molecule has 0 radical (unpaired) electrons. The van der Waals surface area contributed by atoms with E-state index in [2.05, 4.69) is 4.72 Å². The molecule has 0 amide bonds. The fraction of sp³-hybridized carbons (Fsp3) is 0.250. The molecule has 4 nitrogen and oxygen atoms in total. The van der Waals surface area contributed by atoms with Crippen LogP contribution in [0.2, 0.25) is 0 Å². The standard InChI is InChI=1S/C16H17F3N2O2S/c1-21(12-6-3-2-4-7-12)11-5-10-20-24(22,23)14-9-8-13(17)15(18)16(14)19/h2-4,6-9,20H,5,10-11H2,1H3. The molecule has 0 heterocycles. The van der Waals surface area contributed by atoms with Crippen molar-refractivity contribution in [2.45, 2.75) is 11.3 Å². The molecular weight excluding hydrogens is 341 g/mol. The number of anilines is 1. The Kier molecular flexibility index (Phi) is 5.84. The van der Waals surface area contributed by atoms with E-state index in [4.69, 9.17) is 0 Å². The molecule has 2 aromatic carbocycles. The molecule has 0 atom stereocenters.